The number of rotatable bonds is 6. The molecule has 2 aromatic rings. The van der Waals surface area contributed by atoms with Crippen LogP contribution in [0.4, 0.5) is 0 Å². The SMILES string of the molecule is CC(C)(Oc1ccc(Cl)cc1)C(=O)OCC(=O)NC1CCCc2ccccc21. The molecule has 1 N–H and O–H groups in total. The largest absolute Gasteiger partial charge is 0.476 e. The van der Waals surface area contributed by atoms with Gasteiger partial charge in [0.25, 0.3) is 5.91 Å². The molecule has 0 saturated carbocycles. The molecular formula is C22H24ClNO4. The maximum Gasteiger partial charge on any atom is 0.350 e. The van der Waals surface area contributed by atoms with Crippen molar-refractivity contribution in [2.45, 2.75) is 44.8 Å². The van der Waals surface area contributed by atoms with Crippen molar-refractivity contribution in [3.63, 3.8) is 0 Å². The first-order valence-corrected chi connectivity index (χ1v) is 9.72. The molecule has 1 amide bonds. The Hall–Kier alpha value is -2.53. The number of hydrogen-bond acceptors (Lipinski definition) is 4. The van der Waals surface area contributed by atoms with E-state index in [1.807, 2.05) is 18.2 Å². The van der Waals surface area contributed by atoms with E-state index in [0.29, 0.717) is 10.8 Å². The monoisotopic (exact) mass is 401 g/mol. The highest BCUT2D eigenvalue weighted by atomic mass is 35.5. The number of halogens is 1. The van der Waals surface area contributed by atoms with Crippen LogP contribution in [0.25, 0.3) is 0 Å². The van der Waals surface area contributed by atoms with E-state index in [9.17, 15) is 9.59 Å². The van der Waals surface area contributed by atoms with Crippen LogP contribution in [0.15, 0.2) is 48.5 Å². The highest BCUT2D eigenvalue weighted by Crippen LogP contribution is 2.29. The zero-order valence-corrected chi connectivity index (χ0v) is 16.8. The lowest BCUT2D eigenvalue weighted by molar-refractivity contribution is -0.162. The van der Waals surface area contributed by atoms with E-state index in [0.717, 1.165) is 24.8 Å². The Labute approximate surface area is 170 Å². The van der Waals surface area contributed by atoms with E-state index < -0.39 is 11.6 Å². The number of benzene rings is 2. The number of aryl methyl sites for hydroxylation is 1. The van der Waals surface area contributed by atoms with Crippen molar-refractivity contribution >= 4 is 23.5 Å². The predicted octanol–water partition coefficient (Wildman–Crippen LogP) is 4.23. The fraction of sp³-hybridized carbons (Fsp3) is 0.364. The molecule has 2 aromatic carbocycles. The zero-order valence-electron chi connectivity index (χ0n) is 16.0. The van der Waals surface area contributed by atoms with E-state index in [1.54, 1.807) is 38.1 Å². The summed E-state index contributed by atoms with van der Waals surface area (Å²) in [6.45, 7) is 2.85. The number of nitrogens with one attached hydrogen (secondary N) is 1. The number of amides is 1. The Bertz CT molecular complexity index is 848. The van der Waals surface area contributed by atoms with Gasteiger partial charge in [-0.25, -0.2) is 4.79 Å². The quantitative estimate of drug-likeness (QED) is 0.735. The molecule has 0 heterocycles. The molecule has 1 atom stereocenters. The second kappa shape index (κ2) is 8.65. The molecule has 0 aromatic heterocycles. The summed E-state index contributed by atoms with van der Waals surface area (Å²) in [6.07, 6.45) is 2.92. The van der Waals surface area contributed by atoms with Crippen LogP contribution in [0.5, 0.6) is 5.75 Å². The van der Waals surface area contributed by atoms with Gasteiger partial charge < -0.3 is 14.8 Å². The molecule has 0 spiro atoms. The van der Waals surface area contributed by atoms with Gasteiger partial charge in [0.15, 0.2) is 12.2 Å². The van der Waals surface area contributed by atoms with Crippen molar-refractivity contribution in [2.24, 2.45) is 0 Å². The van der Waals surface area contributed by atoms with Gasteiger partial charge in [0, 0.05) is 5.02 Å². The van der Waals surface area contributed by atoms with Gasteiger partial charge in [-0.3, -0.25) is 4.79 Å². The number of hydrogen-bond donors (Lipinski definition) is 1. The number of carbonyl (C=O) groups is 2. The molecule has 0 saturated heterocycles. The Morgan fingerprint density at radius 1 is 1.14 bits per heavy atom. The lowest BCUT2D eigenvalue weighted by atomic mass is 9.88. The lowest BCUT2D eigenvalue weighted by Gasteiger charge is -2.27. The van der Waals surface area contributed by atoms with Gasteiger partial charge in [-0.1, -0.05) is 35.9 Å². The summed E-state index contributed by atoms with van der Waals surface area (Å²) in [6, 6.07) is 14.7. The van der Waals surface area contributed by atoms with Crippen LogP contribution >= 0.6 is 11.6 Å². The van der Waals surface area contributed by atoms with E-state index in [4.69, 9.17) is 21.1 Å². The zero-order chi connectivity index (χ0) is 20.1. The van der Waals surface area contributed by atoms with Crippen LogP contribution in [0.3, 0.4) is 0 Å². The minimum absolute atomic E-state index is 0.0468. The summed E-state index contributed by atoms with van der Waals surface area (Å²) in [5.74, 6) is -0.436. The summed E-state index contributed by atoms with van der Waals surface area (Å²) in [5, 5.41) is 3.54. The summed E-state index contributed by atoms with van der Waals surface area (Å²) < 4.78 is 10.9. The summed E-state index contributed by atoms with van der Waals surface area (Å²) >= 11 is 5.85. The fourth-order valence-electron chi connectivity index (χ4n) is 3.28. The topological polar surface area (TPSA) is 64.6 Å². The Balaban J connectivity index is 1.52. The average Bonchev–Trinajstić information content (AvgIpc) is 2.68. The Kier molecular flexibility index (Phi) is 6.25. The number of ether oxygens (including phenoxy) is 2. The second-order valence-electron chi connectivity index (χ2n) is 7.35. The van der Waals surface area contributed by atoms with Gasteiger partial charge in [-0.15, -0.1) is 0 Å². The number of fused-ring (bicyclic) bond motifs is 1. The third-order valence-electron chi connectivity index (χ3n) is 4.72. The first kappa shape index (κ1) is 20.2. The molecular weight excluding hydrogens is 378 g/mol. The molecule has 28 heavy (non-hydrogen) atoms. The van der Waals surface area contributed by atoms with E-state index in [2.05, 4.69) is 11.4 Å². The minimum Gasteiger partial charge on any atom is -0.476 e. The molecule has 1 unspecified atom stereocenters. The third-order valence-corrected chi connectivity index (χ3v) is 4.97. The van der Waals surface area contributed by atoms with E-state index in [-0.39, 0.29) is 18.6 Å². The normalized spacial score (nSPS) is 16.0. The molecule has 0 radical (unpaired) electrons. The van der Waals surface area contributed by atoms with Crippen LogP contribution in [-0.2, 0) is 20.7 Å². The highest BCUT2D eigenvalue weighted by molar-refractivity contribution is 6.30. The van der Waals surface area contributed by atoms with Crippen molar-refractivity contribution in [2.75, 3.05) is 6.61 Å². The molecule has 1 aliphatic rings. The third kappa shape index (κ3) is 5.04. The van der Waals surface area contributed by atoms with Crippen LogP contribution in [0.1, 0.15) is 43.9 Å². The van der Waals surface area contributed by atoms with Crippen LogP contribution in [-0.4, -0.2) is 24.1 Å². The standard InChI is InChI=1S/C22H24ClNO4/c1-22(2,28-17-12-10-16(23)11-13-17)21(26)27-14-20(25)24-19-9-5-7-15-6-3-4-8-18(15)19/h3-4,6,8,10-13,19H,5,7,9,14H2,1-2H3,(H,24,25). The molecule has 1 aliphatic carbocycles. The molecule has 0 bridgehead atoms. The minimum atomic E-state index is -1.23. The molecule has 3 rings (SSSR count). The van der Waals surface area contributed by atoms with Gasteiger partial charge in [0.1, 0.15) is 5.75 Å². The summed E-state index contributed by atoms with van der Waals surface area (Å²) in [7, 11) is 0. The van der Waals surface area contributed by atoms with Crippen LogP contribution in [0, 0.1) is 0 Å². The molecule has 0 aliphatic heterocycles. The summed E-state index contributed by atoms with van der Waals surface area (Å²) in [4.78, 5) is 24.7. The fourth-order valence-corrected chi connectivity index (χ4v) is 3.41. The van der Waals surface area contributed by atoms with Gasteiger partial charge in [-0.05, 0) is 68.5 Å². The van der Waals surface area contributed by atoms with E-state index in [1.165, 1.54) is 5.56 Å². The van der Waals surface area contributed by atoms with Gasteiger partial charge >= 0.3 is 5.97 Å². The molecule has 5 nitrogen and oxygen atoms in total. The molecule has 0 fully saturated rings. The van der Waals surface area contributed by atoms with Crippen molar-refractivity contribution in [3.05, 3.63) is 64.7 Å². The second-order valence-corrected chi connectivity index (χ2v) is 7.79. The van der Waals surface area contributed by atoms with Gasteiger partial charge in [0.05, 0.1) is 6.04 Å². The first-order valence-electron chi connectivity index (χ1n) is 9.34. The average molecular weight is 402 g/mol. The van der Waals surface area contributed by atoms with Crippen molar-refractivity contribution in [3.8, 4) is 5.75 Å². The Morgan fingerprint density at radius 2 is 1.86 bits per heavy atom. The van der Waals surface area contributed by atoms with Crippen LogP contribution in [0.2, 0.25) is 5.02 Å². The predicted molar refractivity (Wildman–Crippen MR) is 107 cm³/mol. The van der Waals surface area contributed by atoms with Crippen LogP contribution < -0.4 is 10.1 Å². The van der Waals surface area contributed by atoms with E-state index >= 15 is 0 Å². The maximum absolute atomic E-state index is 12.4. The molecule has 6 heteroatoms. The van der Waals surface area contributed by atoms with Gasteiger partial charge in [0.2, 0.25) is 0 Å². The number of carbonyl (C=O) groups excluding carboxylic acids is 2. The smallest absolute Gasteiger partial charge is 0.350 e. The van der Waals surface area contributed by atoms with Crippen molar-refractivity contribution < 1.29 is 19.1 Å². The number of esters is 1. The lowest BCUT2D eigenvalue weighted by Crippen LogP contribution is -2.42. The highest BCUT2D eigenvalue weighted by Gasteiger charge is 2.32. The summed E-state index contributed by atoms with van der Waals surface area (Å²) in [5.41, 5.74) is 1.17. The van der Waals surface area contributed by atoms with Crippen molar-refractivity contribution in [1.82, 2.24) is 5.32 Å². The Morgan fingerprint density at radius 3 is 2.61 bits per heavy atom. The first-order chi connectivity index (χ1) is 13.3. The van der Waals surface area contributed by atoms with Gasteiger partial charge in [-0.2, -0.15) is 0 Å². The van der Waals surface area contributed by atoms with Crippen molar-refractivity contribution in [1.29, 1.82) is 0 Å². The molecule has 148 valence electrons. The maximum atomic E-state index is 12.4.